The van der Waals surface area contributed by atoms with E-state index in [4.69, 9.17) is 10.8 Å². The van der Waals surface area contributed by atoms with Crippen LogP contribution in [0.1, 0.15) is 26.7 Å². The first-order valence-electron chi connectivity index (χ1n) is 4.25. The molecule has 68 valence electrons. The van der Waals surface area contributed by atoms with Crippen LogP contribution in [0.25, 0.3) is 0 Å². The Hall–Kier alpha value is -1.18. The normalized spacial score (nSPS) is 8.50. The molecule has 0 fully saturated rings. The van der Waals surface area contributed by atoms with Gasteiger partial charge in [0, 0.05) is 0 Å². The first-order valence-corrected chi connectivity index (χ1v) is 4.25. The van der Waals surface area contributed by atoms with Gasteiger partial charge in [0.05, 0.1) is 5.69 Å². The van der Waals surface area contributed by atoms with E-state index in [1.54, 1.807) is 24.3 Å². The molecule has 0 saturated carbocycles. The Labute approximate surface area is 74.0 Å². The number of unbranched alkanes of at least 4 members (excludes halogenated alkanes) is 1. The van der Waals surface area contributed by atoms with E-state index in [2.05, 4.69) is 13.8 Å². The van der Waals surface area contributed by atoms with Crippen LogP contribution in [0.3, 0.4) is 0 Å². The van der Waals surface area contributed by atoms with Crippen LogP contribution in [0.15, 0.2) is 24.3 Å². The van der Waals surface area contributed by atoms with Gasteiger partial charge in [-0.15, -0.1) is 0 Å². The molecule has 0 aliphatic heterocycles. The van der Waals surface area contributed by atoms with Gasteiger partial charge in [0.1, 0.15) is 5.75 Å². The van der Waals surface area contributed by atoms with Crippen molar-refractivity contribution < 1.29 is 5.11 Å². The van der Waals surface area contributed by atoms with Gasteiger partial charge in [-0.25, -0.2) is 0 Å². The minimum Gasteiger partial charge on any atom is -0.506 e. The third kappa shape index (κ3) is 4.61. The molecular formula is C10H17NO. The van der Waals surface area contributed by atoms with Gasteiger partial charge >= 0.3 is 0 Å². The van der Waals surface area contributed by atoms with E-state index >= 15 is 0 Å². The van der Waals surface area contributed by atoms with Crippen molar-refractivity contribution in [1.82, 2.24) is 0 Å². The summed E-state index contributed by atoms with van der Waals surface area (Å²) < 4.78 is 0. The third-order valence-corrected chi connectivity index (χ3v) is 1.44. The predicted octanol–water partition coefficient (Wildman–Crippen LogP) is 2.78. The minimum absolute atomic E-state index is 0.146. The number of anilines is 1. The molecule has 1 aromatic carbocycles. The fourth-order valence-corrected chi connectivity index (χ4v) is 0.488. The maximum absolute atomic E-state index is 8.79. The highest BCUT2D eigenvalue weighted by Crippen LogP contribution is 2.16. The van der Waals surface area contributed by atoms with Gasteiger partial charge in [-0.05, 0) is 12.1 Å². The van der Waals surface area contributed by atoms with E-state index in [-0.39, 0.29) is 5.75 Å². The van der Waals surface area contributed by atoms with Gasteiger partial charge < -0.3 is 10.8 Å². The molecule has 0 aliphatic rings. The summed E-state index contributed by atoms with van der Waals surface area (Å²) >= 11 is 0. The number of rotatable bonds is 1. The summed E-state index contributed by atoms with van der Waals surface area (Å²) in [7, 11) is 0. The Kier molecular flexibility index (Phi) is 5.88. The highest BCUT2D eigenvalue weighted by atomic mass is 16.3. The average molecular weight is 167 g/mol. The van der Waals surface area contributed by atoms with Gasteiger partial charge in [-0.2, -0.15) is 0 Å². The fourth-order valence-electron chi connectivity index (χ4n) is 0.488. The zero-order valence-corrected chi connectivity index (χ0v) is 7.75. The molecule has 3 N–H and O–H groups in total. The van der Waals surface area contributed by atoms with Crippen LogP contribution in [0.2, 0.25) is 0 Å². The molecule has 0 radical (unpaired) electrons. The van der Waals surface area contributed by atoms with Gasteiger partial charge in [-0.1, -0.05) is 38.8 Å². The molecule has 1 aromatic rings. The average Bonchev–Trinajstić information content (AvgIpc) is 2.11. The Morgan fingerprint density at radius 1 is 1.17 bits per heavy atom. The zero-order chi connectivity index (χ0) is 9.40. The number of hydrogen-bond acceptors (Lipinski definition) is 2. The van der Waals surface area contributed by atoms with Crippen molar-refractivity contribution in [2.45, 2.75) is 26.7 Å². The standard InChI is InChI=1S/C6H7NO.C4H10/c7-5-3-1-2-4-6(5)8;1-3-4-2/h1-4,8H,7H2;3-4H2,1-2H3. The predicted molar refractivity (Wildman–Crippen MR) is 53.1 cm³/mol. The Morgan fingerprint density at radius 2 is 1.67 bits per heavy atom. The second-order valence-corrected chi connectivity index (χ2v) is 2.56. The topological polar surface area (TPSA) is 46.2 Å². The number of nitrogens with two attached hydrogens (primary N) is 1. The quantitative estimate of drug-likeness (QED) is 0.499. The monoisotopic (exact) mass is 167 g/mol. The number of benzene rings is 1. The molecule has 0 spiro atoms. The maximum atomic E-state index is 8.79. The Bertz CT molecular complexity index is 188. The number of nitrogen functional groups attached to an aromatic ring is 1. The lowest BCUT2D eigenvalue weighted by Gasteiger charge is -1.92. The Morgan fingerprint density at radius 3 is 1.92 bits per heavy atom. The van der Waals surface area contributed by atoms with E-state index in [0.717, 1.165) is 0 Å². The summed E-state index contributed by atoms with van der Waals surface area (Å²) in [6, 6.07) is 6.70. The van der Waals surface area contributed by atoms with Crippen LogP contribution < -0.4 is 5.73 Å². The second kappa shape index (κ2) is 6.53. The SMILES string of the molecule is CCCC.Nc1ccccc1O. The van der Waals surface area contributed by atoms with Crippen molar-refractivity contribution in [1.29, 1.82) is 0 Å². The molecule has 2 nitrogen and oxygen atoms in total. The maximum Gasteiger partial charge on any atom is 0.138 e. The second-order valence-electron chi connectivity index (χ2n) is 2.56. The van der Waals surface area contributed by atoms with E-state index in [9.17, 15) is 0 Å². The van der Waals surface area contributed by atoms with Crippen LogP contribution in [0, 0.1) is 0 Å². The van der Waals surface area contributed by atoms with Gasteiger partial charge in [0.25, 0.3) is 0 Å². The molecule has 0 unspecified atom stereocenters. The number of phenolic OH excluding ortho intramolecular Hbond substituents is 1. The summed E-state index contributed by atoms with van der Waals surface area (Å²) in [4.78, 5) is 0. The first-order chi connectivity index (χ1) is 5.72. The third-order valence-electron chi connectivity index (χ3n) is 1.44. The molecule has 0 atom stereocenters. The lowest BCUT2D eigenvalue weighted by atomic mass is 10.3. The molecule has 0 aliphatic carbocycles. The number of hydrogen-bond donors (Lipinski definition) is 2. The number of aromatic hydroxyl groups is 1. The molecule has 2 heteroatoms. The summed E-state index contributed by atoms with van der Waals surface area (Å²) in [6.07, 6.45) is 2.64. The van der Waals surface area contributed by atoms with Gasteiger partial charge in [-0.3, -0.25) is 0 Å². The molecule has 1 rings (SSSR count). The lowest BCUT2D eigenvalue weighted by molar-refractivity contribution is 0.478. The molecular weight excluding hydrogens is 150 g/mol. The summed E-state index contributed by atoms with van der Waals surface area (Å²) in [6.45, 7) is 4.36. The van der Waals surface area contributed by atoms with Crippen molar-refractivity contribution in [3.63, 3.8) is 0 Å². The van der Waals surface area contributed by atoms with E-state index in [1.165, 1.54) is 12.8 Å². The first kappa shape index (κ1) is 10.8. The van der Waals surface area contributed by atoms with Crippen LogP contribution in [-0.4, -0.2) is 5.11 Å². The zero-order valence-electron chi connectivity index (χ0n) is 7.75. The summed E-state index contributed by atoms with van der Waals surface area (Å²) in [5, 5.41) is 8.79. The highest BCUT2D eigenvalue weighted by molar-refractivity contribution is 5.50. The minimum atomic E-state index is 0.146. The van der Waals surface area contributed by atoms with Crippen molar-refractivity contribution in [3.05, 3.63) is 24.3 Å². The van der Waals surface area contributed by atoms with Gasteiger partial charge in [0.2, 0.25) is 0 Å². The molecule has 12 heavy (non-hydrogen) atoms. The van der Waals surface area contributed by atoms with Crippen LogP contribution >= 0.6 is 0 Å². The summed E-state index contributed by atoms with van der Waals surface area (Å²) in [5.41, 5.74) is 5.69. The van der Waals surface area contributed by atoms with Crippen molar-refractivity contribution in [2.24, 2.45) is 0 Å². The van der Waals surface area contributed by atoms with Crippen LogP contribution in [-0.2, 0) is 0 Å². The molecule has 0 aromatic heterocycles. The smallest absolute Gasteiger partial charge is 0.138 e. The van der Waals surface area contributed by atoms with Gasteiger partial charge in [0.15, 0.2) is 0 Å². The molecule has 0 bridgehead atoms. The largest absolute Gasteiger partial charge is 0.506 e. The van der Waals surface area contributed by atoms with Crippen molar-refractivity contribution in [3.8, 4) is 5.75 Å². The van der Waals surface area contributed by atoms with E-state index < -0.39 is 0 Å². The molecule has 0 heterocycles. The van der Waals surface area contributed by atoms with E-state index in [1.807, 2.05) is 0 Å². The van der Waals surface area contributed by atoms with E-state index in [0.29, 0.717) is 5.69 Å². The van der Waals surface area contributed by atoms with Crippen LogP contribution in [0.5, 0.6) is 5.75 Å². The number of para-hydroxylation sites is 2. The van der Waals surface area contributed by atoms with Crippen molar-refractivity contribution in [2.75, 3.05) is 5.73 Å². The molecule has 0 amide bonds. The lowest BCUT2D eigenvalue weighted by Crippen LogP contribution is -1.82. The Balaban J connectivity index is 0.000000261. The highest BCUT2D eigenvalue weighted by Gasteiger charge is 1.87. The van der Waals surface area contributed by atoms with Crippen LogP contribution in [0.4, 0.5) is 5.69 Å². The fraction of sp³-hybridized carbons (Fsp3) is 0.400. The summed E-state index contributed by atoms with van der Waals surface area (Å²) in [5.74, 6) is 0.146. The molecule has 0 saturated heterocycles. The van der Waals surface area contributed by atoms with Crippen molar-refractivity contribution >= 4 is 5.69 Å². The number of phenols is 1.